The molecular formula is C18H31N5O2S2. The highest BCUT2D eigenvalue weighted by atomic mass is 32.2. The standard InChI is InChI=1S/C18H31N5O2S2/c1-4-19-18(20-9-14-26-3)21-15-16-7-5-6-8-17(16)27(24,25)23-12-10-22(2)11-13-23/h5-8H,4,9-15H2,1-3H3,(H2,19,20,21). The summed E-state index contributed by atoms with van der Waals surface area (Å²) in [6.45, 7) is 6.45. The normalized spacial score (nSPS) is 17.1. The van der Waals surface area contributed by atoms with Gasteiger partial charge in [0.25, 0.3) is 0 Å². The third kappa shape index (κ3) is 6.38. The summed E-state index contributed by atoms with van der Waals surface area (Å²) in [6, 6.07) is 7.17. The van der Waals surface area contributed by atoms with Crippen molar-refractivity contribution in [1.82, 2.24) is 19.8 Å². The van der Waals surface area contributed by atoms with Crippen molar-refractivity contribution < 1.29 is 8.42 Å². The zero-order valence-corrected chi connectivity index (χ0v) is 18.1. The van der Waals surface area contributed by atoms with E-state index in [4.69, 9.17) is 0 Å². The lowest BCUT2D eigenvalue weighted by Gasteiger charge is -2.32. The van der Waals surface area contributed by atoms with Gasteiger partial charge in [0.15, 0.2) is 5.96 Å². The molecule has 0 unspecified atom stereocenters. The molecule has 1 aromatic carbocycles. The van der Waals surface area contributed by atoms with Crippen LogP contribution in [0.2, 0.25) is 0 Å². The number of benzene rings is 1. The number of guanidine groups is 1. The van der Waals surface area contributed by atoms with Crippen molar-refractivity contribution in [2.24, 2.45) is 4.99 Å². The Bertz CT molecular complexity index is 716. The van der Waals surface area contributed by atoms with Crippen LogP contribution < -0.4 is 10.6 Å². The van der Waals surface area contributed by atoms with Gasteiger partial charge in [0, 0.05) is 45.0 Å². The van der Waals surface area contributed by atoms with Crippen LogP contribution in [0.4, 0.5) is 0 Å². The Morgan fingerprint density at radius 3 is 2.56 bits per heavy atom. The molecule has 1 fully saturated rings. The lowest BCUT2D eigenvalue weighted by molar-refractivity contribution is 0.222. The maximum absolute atomic E-state index is 13.1. The Hall–Kier alpha value is -1.29. The summed E-state index contributed by atoms with van der Waals surface area (Å²) in [5, 5.41) is 6.47. The molecule has 0 spiro atoms. The smallest absolute Gasteiger partial charge is 0.243 e. The molecule has 0 aliphatic carbocycles. The minimum atomic E-state index is -3.50. The summed E-state index contributed by atoms with van der Waals surface area (Å²) in [5.74, 6) is 1.69. The first-order valence-electron chi connectivity index (χ1n) is 9.26. The van der Waals surface area contributed by atoms with Gasteiger partial charge in [-0.15, -0.1) is 0 Å². The molecule has 1 aliphatic rings. The number of nitrogens with zero attached hydrogens (tertiary/aromatic N) is 3. The van der Waals surface area contributed by atoms with Crippen molar-refractivity contribution in [1.29, 1.82) is 0 Å². The highest BCUT2D eigenvalue weighted by Crippen LogP contribution is 2.22. The van der Waals surface area contributed by atoms with Crippen LogP contribution >= 0.6 is 11.8 Å². The van der Waals surface area contributed by atoms with Crippen LogP contribution in [0, 0.1) is 0 Å². The summed E-state index contributed by atoms with van der Waals surface area (Å²) in [6.07, 6.45) is 2.06. The lowest BCUT2D eigenvalue weighted by atomic mass is 10.2. The number of thioether (sulfide) groups is 1. The Labute approximate surface area is 167 Å². The molecule has 1 aliphatic heterocycles. The molecule has 1 saturated heterocycles. The first kappa shape index (κ1) is 22.0. The molecule has 152 valence electrons. The van der Waals surface area contributed by atoms with Gasteiger partial charge in [-0.05, 0) is 31.9 Å². The molecular weight excluding hydrogens is 382 g/mol. The number of aliphatic imine (C=N–C) groups is 1. The number of hydrogen-bond donors (Lipinski definition) is 2. The summed E-state index contributed by atoms with van der Waals surface area (Å²) < 4.78 is 27.8. The molecule has 2 rings (SSSR count). The van der Waals surface area contributed by atoms with Gasteiger partial charge in [0.1, 0.15) is 0 Å². The Morgan fingerprint density at radius 1 is 1.19 bits per heavy atom. The molecule has 2 N–H and O–H groups in total. The largest absolute Gasteiger partial charge is 0.357 e. The quantitative estimate of drug-likeness (QED) is 0.377. The first-order chi connectivity index (χ1) is 13.0. The Balaban J connectivity index is 2.17. The topological polar surface area (TPSA) is 77.0 Å². The predicted octanol–water partition coefficient (Wildman–Crippen LogP) is 1.04. The fraction of sp³-hybridized carbons (Fsp3) is 0.611. The summed E-state index contributed by atoms with van der Waals surface area (Å²) in [7, 11) is -1.49. The van der Waals surface area contributed by atoms with Crippen molar-refractivity contribution in [2.75, 3.05) is 58.3 Å². The van der Waals surface area contributed by atoms with Gasteiger partial charge in [0.05, 0.1) is 11.4 Å². The third-order valence-corrected chi connectivity index (χ3v) is 7.01. The summed E-state index contributed by atoms with van der Waals surface area (Å²) >= 11 is 1.76. The second-order valence-corrected chi connectivity index (χ2v) is 9.32. The monoisotopic (exact) mass is 413 g/mol. The van der Waals surface area contributed by atoms with Crippen molar-refractivity contribution in [3.63, 3.8) is 0 Å². The van der Waals surface area contributed by atoms with Crippen LogP contribution in [0.3, 0.4) is 0 Å². The lowest BCUT2D eigenvalue weighted by Crippen LogP contribution is -2.47. The molecule has 0 amide bonds. The molecule has 1 heterocycles. The maximum atomic E-state index is 13.1. The number of hydrogen-bond acceptors (Lipinski definition) is 5. The minimum absolute atomic E-state index is 0.317. The van der Waals surface area contributed by atoms with E-state index in [9.17, 15) is 8.42 Å². The van der Waals surface area contributed by atoms with Gasteiger partial charge >= 0.3 is 0 Å². The molecule has 0 saturated carbocycles. The Morgan fingerprint density at radius 2 is 1.89 bits per heavy atom. The van der Waals surface area contributed by atoms with Crippen LogP contribution in [0.25, 0.3) is 0 Å². The highest BCUT2D eigenvalue weighted by molar-refractivity contribution is 7.98. The highest BCUT2D eigenvalue weighted by Gasteiger charge is 2.29. The summed E-state index contributed by atoms with van der Waals surface area (Å²) in [5.41, 5.74) is 0.721. The maximum Gasteiger partial charge on any atom is 0.243 e. The van der Waals surface area contributed by atoms with Crippen molar-refractivity contribution in [3.05, 3.63) is 29.8 Å². The molecule has 0 radical (unpaired) electrons. The van der Waals surface area contributed by atoms with Gasteiger partial charge < -0.3 is 15.5 Å². The number of likely N-dealkylation sites (N-methyl/N-ethyl adjacent to an activating group) is 1. The van der Waals surface area contributed by atoms with E-state index in [1.807, 2.05) is 26.1 Å². The average molecular weight is 414 g/mol. The molecule has 9 heteroatoms. The van der Waals surface area contributed by atoms with Crippen molar-refractivity contribution in [2.45, 2.75) is 18.4 Å². The molecule has 7 nitrogen and oxygen atoms in total. The average Bonchev–Trinajstić information content (AvgIpc) is 2.67. The van der Waals surface area contributed by atoms with E-state index in [0.717, 1.165) is 37.5 Å². The van der Waals surface area contributed by atoms with Crippen LogP contribution in [0.5, 0.6) is 0 Å². The van der Waals surface area contributed by atoms with E-state index in [2.05, 4.69) is 26.8 Å². The number of sulfonamides is 1. The van der Waals surface area contributed by atoms with E-state index in [1.165, 1.54) is 0 Å². The fourth-order valence-corrected chi connectivity index (χ4v) is 4.77. The van der Waals surface area contributed by atoms with Crippen LogP contribution in [-0.2, 0) is 16.6 Å². The third-order valence-electron chi connectivity index (χ3n) is 4.40. The zero-order chi connectivity index (χ0) is 19.7. The SMILES string of the molecule is CCNC(=NCc1ccccc1S(=O)(=O)N1CCN(C)CC1)NCCSC. The van der Waals surface area contributed by atoms with E-state index in [-0.39, 0.29) is 0 Å². The van der Waals surface area contributed by atoms with E-state index in [1.54, 1.807) is 28.2 Å². The zero-order valence-electron chi connectivity index (χ0n) is 16.4. The van der Waals surface area contributed by atoms with E-state index < -0.39 is 10.0 Å². The fourth-order valence-electron chi connectivity index (χ4n) is 2.83. The minimum Gasteiger partial charge on any atom is -0.357 e. The van der Waals surface area contributed by atoms with Crippen LogP contribution in [0.15, 0.2) is 34.2 Å². The van der Waals surface area contributed by atoms with Gasteiger partial charge in [-0.2, -0.15) is 16.1 Å². The molecule has 27 heavy (non-hydrogen) atoms. The van der Waals surface area contributed by atoms with Gasteiger partial charge in [-0.25, -0.2) is 13.4 Å². The van der Waals surface area contributed by atoms with E-state index in [0.29, 0.717) is 30.5 Å². The number of nitrogens with one attached hydrogen (secondary N) is 2. The van der Waals surface area contributed by atoms with Crippen molar-refractivity contribution >= 4 is 27.7 Å². The second-order valence-electron chi connectivity index (χ2n) is 6.43. The molecule has 0 bridgehead atoms. The molecule has 0 atom stereocenters. The molecule has 0 aromatic heterocycles. The Kier molecular flexibility index (Phi) is 8.88. The van der Waals surface area contributed by atoms with Crippen LogP contribution in [-0.4, -0.2) is 81.9 Å². The van der Waals surface area contributed by atoms with Gasteiger partial charge in [-0.1, -0.05) is 18.2 Å². The number of rotatable bonds is 8. The van der Waals surface area contributed by atoms with Crippen LogP contribution in [0.1, 0.15) is 12.5 Å². The van der Waals surface area contributed by atoms with Gasteiger partial charge in [-0.3, -0.25) is 0 Å². The first-order valence-corrected chi connectivity index (χ1v) is 12.1. The summed E-state index contributed by atoms with van der Waals surface area (Å²) in [4.78, 5) is 7.08. The van der Waals surface area contributed by atoms with Gasteiger partial charge in [0.2, 0.25) is 10.0 Å². The predicted molar refractivity (Wildman–Crippen MR) is 114 cm³/mol. The molecule has 1 aromatic rings. The van der Waals surface area contributed by atoms with Crippen molar-refractivity contribution in [3.8, 4) is 0 Å². The second kappa shape index (κ2) is 10.9. The number of piperazine rings is 1. The van der Waals surface area contributed by atoms with E-state index >= 15 is 0 Å².